The number of hydrogen-bond acceptors (Lipinski definition) is 4. The minimum Gasteiger partial charge on any atom is -0.487 e. The maximum Gasteiger partial charge on any atom is 0.332 e. The van der Waals surface area contributed by atoms with Crippen molar-refractivity contribution in [1.29, 1.82) is 0 Å². The molecule has 0 atom stereocenters. The van der Waals surface area contributed by atoms with E-state index in [0.29, 0.717) is 11.3 Å². The number of Topliss-reactive ketones (excluding diaryl/α,β-unsaturated/α-hetero) is 1. The van der Waals surface area contributed by atoms with E-state index in [4.69, 9.17) is 10.5 Å². The smallest absolute Gasteiger partial charge is 0.332 e. The summed E-state index contributed by atoms with van der Waals surface area (Å²) in [4.78, 5) is 23.2. The number of amides is 2. The lowest BCUT2D eigenvalue weighted by Crippen LogP contribution is -2.30. The van der Waals surface area contributed by atoms with Crippen molar-refractivity contribution < 1.29 is 14.3 Å². The number of urea groups is 1. The van der Waals surface area contributed by atoms with Crippen LogP contribution in [0.3, 0.4) is 0 Å². The van der Waals surface area contributed by atoms with E-state index in [-0.39, 0.29) is 18.1 Å². The Morgan fingerprint density at radius 1 is 1.09 bits per heavy atom. The summed E-state index contributed by atoms with van der Waals surface area (Å²) in [6, 6.07) is 14.8. The Morgan fingerprint density at radius 2 is 1.74 bits per heavy atom. The molecule has 2 amide bonds. The molecule has 2 rings (SSSR count). The lowest BCUT2D eigenvalue weighted by molar-refractivity contribution is 0.106. The van der Waals surface area contributed by atoms with Crippen LogP contribution in [0.25, 0.3) is 0 Å². The molecule has 0 aliphatic rings. The van der Waals surface area contributed by atoms with Crippen LogP contribution in [0.2, 0.25) is 0 Å². The molecule has 0 aliphatic heterocycles. The van der Waals surface area contributed by atoms with E-state index >= 15 is 0 Å². The van der Waals surface area contributed by atoms with Gasteiger partial charge in [-0.2, -0.15) is 5.10 Å². The largest absolute Gasteiger partial charge is 0.487 e. The molecular formula is C16H14BrN3O3. The maximum atomic E-state index is 12.4. The predicted molar refractivity (Wildman–Crippen MR) is 90.6 cm³/mol. The van der Waals surface area contributed by atoms with Crippen LogP contribution in [0.5, 0.6) is 5.75 Å². The van der Waals surface area contributed by atoms with E-state index < -0.39 is 6.03 Å². The van der Waals surface area contributed by atoms with Crippen molar-refractivity contribution in [3.05, 3.63) is 64.6 Å². The van der Waals surface area contributed by atoms with Crippen molar-refractivity contribution in [1.82, 2.24) is 5.43 Å². The number of nitrogens with zero attached hydrogens (tertiary/aromatic N) is 1. The number of benzene rings is 2. The van der Waals surface area contributed by atoms with Crippen molar-refractivity contribution in [2.45, 2.75) is 0 Å². The van der Waals surface area contributed by atoms with E-state index in [2.05, 4.69) is 26.5 Å². The third kappa shape index (κ3) is 5.23. The Hall–Kier alpha value is -2.67. The van der Waals surface area contributed by atoms with Gasteiger partial charge >= 0.3 is 6.03 Å². The van der Waals surface area contributed by atoms with Gasteiger partial charge in [0, 0.05) is 10.0 Å². The summed E-state index contributed by atoms with van der Waals surface area (Å²) in [7, 11) is 0. The molecule has 0 saturated heterocycles. The highest BCUT2D eigenvalue weighted by Crippen LogP contribution is 2.16. The van der Waals surface area contributed by atoms with Gasteiger partial charge in [0.15, 0.2) is 0 Å². The highest BCUT2D eigenvalue weighted by Gasteiger charge is 2.15. The lowest BCUT2D eigenvalue weighted by atomic mass is 10.1. The molecule has 0 heterocycles. The molecule has 0 aromatic heterocycles. The number of carbonyl (C=O) groups excluding carboxylic acids is 2. The van der Waals surface area contributed by atoms with Crippen molar-refractivity contribution in [2.75, 3.05) is 6.61 Å². The molecule has 0 unspecified atom stereocenters. The van der Waals surface area contributed by atoms with Crippen LogP contribution in [0.1, 0.15) is 10.4 Å². The number of ketones is 1. The summed E-state index contributed by atoms with van der Waals surface area (Å²) in [5.74, 6) is 0.220. The molecule has 2 aromatic carbocycles. The molecule has 0 radical (unpaired) electrons. The highest BCUT2D eigenvalue weighted by molar-refractivity contribution is 9.10. The second-order valence-corrected chi connectivity index (χ2v) is 5.39. The Kier molecular flexibility index (Phi) is 5.87. The molecule has 23 heavy (non-hydrogen) atoms. The summed E-state index contributed by atoms with van der Waals surface area (Å²) in [6.45, 7) is -0.102. The molecular weight excluding hydrogens is 362 g/mol. The monoisotopic (exact) mass is 375 g/mol. The average molecular weight is 376 g/mol. The molecule has 0 fully saturated rings. The summed E-state index contributed by atoms with van der Waals surface area (Å²) in [5, 5.41) is 3.74. The van der Waals surface area contributed by atoms with Crippen LogP contribution in [0.4, 0.5) is 4.79 Å². The fourth-order valence-electron chi connectivity index (χ4n) is 1.71. The lowest BCUT2D eigenvalue weighted by Gasteiger charge is -2.09. The van der Waals surface area contributed by atoms with E-state index in [1.54, 1.807) is 42.5 Å². The van der Waals surface area contributed by atoms with Gasteiger partial charge in [0.05, 0.1) is 0 Å². The third-order valence-electron chi connectivity index (χ3n) is 2.79. The van der Waals surface area contributed by atoms with Gasteiger partial charge in [0.25, 0.3) is 0 Å². The quantitative estimate of drug-likeness (QED) is 0.461. The van der Waals surface area contributed by atoms with Gasteiger partial charge in [-0.25, -0.2) is 10.2 Å². The first-order chi connectivity index (χ1) is 11.1. The maximum absolute atomic E-state index is 12.4. The van der Waals surface area contributed by atoms with Gasteiger partial charge in [-0.05, 0) is 24.3 Å². The topological polar surface area (TPSA) is 93.8 Å². The number of halogens is 1. The molecule has 0 aliphatic carbocycles. The van der Waals surface area contributed by atoms with Crippen LogP contribution in [0, 0.1) is 0 Å². The Bertz CT molecular complexity index is 715. The summed E-state index contributed by atoms with van der Waals surface area (Å²) < 4.78 is 6.45. The number of primary amides is 1. The Morgan fingerprint density at radius 3 is 2.35 bits per heavy atom. The first-order valence-electron chi connectivity index (χ1n) is 6.66. The number of nitrogens with one attached hydrogen (secondary N) is 1. The Labute approximate surface area is 141 Å². The second-order valence-electron chi connectivity index (χ2n) is 4.47. The zero-order valence-corrected chi connectivity index (χ0v) is 13.6. The fraction of sp³-hybridized carbons (Fsp3) is 0.0625. The van der Waals surface area contributed by atoms with Crippen molar-refractivity contribution in [3.63, 3.8) is 0 Å². The summed E-state index contributed by atoms with van der Waals surface area (Å²) in [6.07, 6.45) is 0. The van der Waals surface area contributed by atoms with Gasteiger partial charge in [0.1, 0.15) is 18.1 Å². The van der Waals surface area contributed by atoms with Crippen LogP contribution < -0.4 is 15.9 Å². The standard InChI is InChI=1S/C16H14BrN3O3/c17-12-6-8-13(9-7-12)23-10-14(19-20-16(18)22)15(21)11-4-2-1-3-5-11/h1-9H,10H2,(H3,18,20,22). The van der Waals surface area contributed by atoms with Crippen LogP contribution in [-0.4, -0.2) is 24.1 Å². The number of carbonyl (C=O) groups is 2. The number of rotatable bonds is 6. The first-order valence-corrected chi connectivity index (χ1v) is 7.45. The van der Waals surface area contributed by atoms with E-state index in [1.165, 1.54) is 0 Å². The molecule has 7 heteroatoms. The highest BCUT2D eigenvalue weighted by atomic mass is 79.9. The minimum absolute atomic E-state index is 0.0397. The first kappa shape index (κ1) is 16.7. The predicted octanol–water partition coefficient (Wildman–Crippen LogP) is 2.74. The zero-order valence-electron chi connectivity index (χ0n) is 12.0. The molecule has 6 nitrogen and oxygen atoms in total. The zero-order chi connectivity index (χ0) is 16.7. The summed E-state index contributed by atoms with van der Waals surface area (Å²) >= 11 is 3.33. The third-order valence-corrected chi connectivity index (χ3v) is 3.32. The number of hydrogen-bond donors (Lipinski definition) is 2. The molecule has 118 valence electrons. The SMILES string of the molecule is NC(=O)NN=C(COc1ccc(Br)cc1)C(=O)c1ccccc1. The minimum atomic E-state index is -0.855. The number of hydrazone groups is 1. The molecule has 0 bridgehead atoms. The van der Waals surface area contributed by atoms with Crippen molar-refractivity contribution in [3.8, 4) is 5.75 Å². The fourth-order valence-corrected chi connectivity index (χ4v) is 1.97. The summed E-state index contributed by atoms with van der Waals surface area (Å²) in [5.41, 5.74) is 7.53. The number of nitrogens with two attached hydrogens (primary N) is 1. The average Bonchev–Trinajstić information content (AvgIpc) is 2.56. The van der Waals surface area contributed by atoms with E-state index in [9.17, 15) is 9.59 Å². The number of ether oxygens (including phenoxy) is 1. The van der Waals surface area contributed by atoms with Crippen LogP contribution in [-0.2, 0) is 0 Å². The van der Waals surface area contributed by atoms with Gasteiger partial charge in [-0.1, -0.05) is 46.3 Å². The van der Waals surface area contributed by atoms with E-state index in [0.717, 1.165) is 4.47 Å². The van der Waals surface area contributed by atoms with Crippen LogP contribution in [0.15, 0.2) is 64.2 Å². The Balaban J connectivity index is 2.14. The van der Waals surface area contributed by atoms with Crippen molar-refractivity contribution in [2.24, 2.45) is 10.8 Å². The van der Waals surface area contributed by atoms with Gasteiger partial charge < -0.3 is 10.5 Å². The van der Waals surface area contributed by atoms with Crippen LogP contribution >= 0.6 is 15.9 Å². The van der Waals surface area contributed by atoms with E-state index in [1.807, 2.05) is 12.1 Å². The second kappa shape index (κ2) is 8.09. The van der Waals surface area contributed by atoms with Gasteiger partial charge in [-0.3, -0.25) is 4.79 Å². The molecule has 0 spiro atoms. The molecule has 0 saturated carbocycles. The van der Waals surface area contributed by atoms with Gasteiger partial charge in [-0.15, -0.1) is 0 Å². The normalized spacial score (nSPS) is 10.9. The van der Waals surface area contributed by atoms with Crippen molar-refractivity contribution >= 4 is 33.5 Å². The van der Waals surface area contributed by atoms with Gasteiger partial charge in [0.2, 0.25) is 5.78 Å². The molecule has 3 N–H and O–H groups in total. The molecule has 2 aromatic rings.